The second-order valence-electron chi connectivity index (χ2n) is 3.11. The van der Waals surface area contributed by atoms with E-state index in [1.807, 2.05) is 6.92 Å². The maximum atomic E-state index is 12.9. The van der Waals surface area contributed by atoms with E-state index in [0.29, 0.717) is 0 Å². The third-order valence-corrected chi connectivity index (χ3v) is 4.63. The molecule has 2 rings (SSSR count). The van der Waals surface area contributed by atoms with Gasteiger partial charge in [-0.25, -0.2) is 4.39 Å². The monoisotopic (exact) mass is 318 g/mol. The largest absolute Gasteiger partial charge is 0.207 e. The molecule has 0 spiro atoms. The van der Waals surface area contributed by atoms with Crippen molar-refractivity contribution in [3.8, 4) is 0 Å². The molecule has 2 nitrogen and oxygen atoms in total. The Labute approximate surface area is 109 Å². The molecule has 16 heavy (non-hydrogen) atoms. The van der Waals surface area contributed by atoms with E-state index in [4.69, 9.17) is 0 Å². The third kappa shape index (κ3) is 3.02. The van der Waals surface area contributed by atoms with Gasteiger partial charge in [-0.3, -0.25) is 0 Å². The van der Waals surface area contributed by atoms with Crippen molar-refractivity contribution in [1.82, 2.24) is 10.2 Å². The molecule has 84 valence electrons. The molecule has 0 aliphatic heterocycles. The van der Waals surface area contributed by atoms with Gasteiger partial charge in [0.25, 0.3) is 0 Å². The van der Waals surface area contributed by atoms with Gasteiger partial charge in [0.1, 0.15) is 10.8 Å². The highest BCUT2D eigenvalue weighted by Crippen LogP contribution is 2.29. The van der Waals surface area contributed by atoms with E-state index in [9.17, 15) is 4.39 Å². The molecule has 2 aromatic rings. The molecule has 1 aromatic carbocycles. The maximum Gasteiger partial charge on any atom is 0.174 e. The number of thioether (sulfide) groups is 1. The fourth-order valence-electron chi connectivity index (χ4n) is 1.11. The van der Waals surface area contributed by atoms with Gasteiger partial charge < -0.3 is 0 Å². The number of hydrogen-bond donors (Lipinski definition) is 0. The Morgan fingerprint density at radius 3 is 2.88 bits per heavy atom. The van der Waals surface area contributed by atoms with Gasteiger partial charge in [-0.15, -0.1) is 10.2 Å². The molecule has 0 unspecified atom stereocenters. The summed E-state index contributed by atoms with van der Waals surface area (Å²) in [6, 6.07) is 4.72. The Morgan fingerprint density at radius 1 is 1.44 bits per heavy atom. The van der Waals surface area contributed by atoms with Crippen LogP contribution in [0, 0.1) is 12.7 Å². The first-order valence-corrected chi connectivity index (χ1v) is 7.11. The van der Waals surface area contributed by atoms with Crippen molar-refractivity contribution in [3.63, 3.8) is 0 Å². The highest BCUT2D eigenvalue weighted by atomic mass is 79.9. The molecule has 0 N–H and O–H groups in total. The standard InChI is InChI=1S/C10H8BrFN2S2/c1-6-13-14-10(16-6)15-5-7-2-3-8(12)4-9(7)11/h2-4H,5H2,1H3. The fourth-order valence-corrected chi connectivity index (χ4v) is 3.61. The van der Waals surface area contributed by atoms with Gasteiger partial charge in [-0.2, -0.15) is 0 Å². The van der Waals surface area contributed by atoms with Gasteiger partial charge in [0.05, 0.1) is 0 Å². The molecule has 0 saturated carbocycles. The summed E-state index contributed by atoms with van der Waals surface area (Å²) >= 11 is 6.51. The van der Waals surface area contributed by atoms with E-state index in [0.717, 1.165) is 25.1 Å². The Morgan fingerprint density at radius 2 is 2.25 bits per heavy atom. The van der Waals surface area contributed by atoms with E-state index >= 15 is 0 Å². The fraction of sp³-hybridized carbons (Fsp3) is 0.200. The quantitative estimate of drug-likeness (QED) is 0.799. The molecule has 0 aliphatic carbocycles. The summed E-state index contributed by atoms with van der Waals surface area (Å²) in [6.45, 7) is 1.93. The first-order valence-electron chi connectivity index (χ1n) is 4.52. The predicted octanol–water partition coefficient (Wildman–Crippen LogP) is 4.04. The maximum absolute atomic E-state index is 12.9. The van der Waals surface area contributed by atoms with Crippen LogP contribution in [-0.2, 0) is 5.75 Å². The highest BCUT2D eigenvalue weighted by molar-refractivity contribution is 9.10. The number of aromatic nitrogens is 2. The van der Waals surface area contributed by atoms with Gasteiger partial charge >= 0.3 is 0 Å². The predicted molar refractivity (Wildman–Crippen MR) is 68.3 cm³/mol. The van der Waals surface area contributed by atoms with Gasteiger partial charge in [0, 0.05) is 10.2 Å². The number of aryl methyl sites for hydroxylation is 1. The van der Waals surface area contributed by atoms with Crippen LogP contribution in [0.3, 0.4) is 0 Å². The number of rotatable bonds is 3. The zero-order chi connectivity index (χ0) is 11.5. The lowest BCUT2D eigenvalue weighted by Crippen LogP contribution is -1.84. The average molecular weight is 319 g/mol. The molecule has 0 amide bonds. The topological polar surface area (TPSA) is 25.8 Å². The highest BCUT2D eigenvalue weighted by Gasteiger charge is 2.05. The van der Waals surface area contributed by atoms with Crippen LogP contribution in [0.2, 0.25) is 0 Å². The van der Waals surface area contributed by atoms with Gasteiger partial charge in [-0.1, -0.05) is 45.1 Å². The van der Waals surface area contributed by atoms with Crippen LogP contribution in [0.1, 0.15) is 10.6 Å². The summed E-state index contributed by atoms with van der Waals surface area (Å²) in [4.78, 5) is 0. The van der Waals surface area contributed by atoms with Crippen LogP contribution < -0.4 is 0 Å². The number of halogens is 2. The molecule has 1 heterocycles. The van der Waals surface area contributed by atoms with Crippen molar-refractivity contribution in [2.75, 3.05) is 0 Å². The van der Waals surface area contributed by atoms with Crippen molar-refractivity contribution in [3.05, 3.63) is 39.1 Å². The van der Waals surface area contributed by atoms with Crippen molar-refractivity contribution >= 4 is 39.0 Å². The normalized spacial score (nSPS) is 10.7. The minimum absolute atomic E-state index is 0.229. The molecule has 0 atom stereocenters. The average Bonchev–Trinajstić information content (AvgIpc) is 2.63. The lowest BCUT2D eigenvalue weighted by molar-refractivity contribution is 0.626. The van der Waals surface area contributed by atoms with Crippen LogP contribution in [-0.4, -0.2) is 10.2 Å². The minimum atomic E-state index is -0.229. The number of hydrogen-bond acceptors (Lipinski definition) is 4. The molecule has 0 saturated heterocycles. The van der Waals surface area contributed by atoms with E-state index < -0.39 is 0 Å². The summed E-state index contributed by atoms with van der Waals surface area (Å²) in [5.41, 5.74) is 1.05. The molecule has 0 fully saturated rings. The van der Waals surface area contributed by atoms with Gasteiger partial charge in [-0.05, 0) is 24.6 Å². The van der Waals surface area contributed by atoms with E-state index in [-0.39, 0.29) is 5.82 Å². The van der Waals surface area contributed by atoms with Crippen molar-refractivity contribution in [2.24, 2.45) is 0 Å². The first-order chi connectivity index (χ1) is 7.65. The number of benzene rings is 1. The number of nitrogens with zero attached hydrogens (tertiary/aromatic N) is 2. The van der Waals surface area contributed by atoms with Crippen LogP contribution in [0.4, 0.5) is 4.39 Å². The zero-order valence-electron chi connectivity index (χ0n) is 8.41. The second-order valence-corrected chi connectivity index (χ2v) is 6.37. The Kier molecular flexibility index (Phi) is 3.94. The molecule has 6 heteroatoms. The summed E-state index contributed by atoms with van der Waals surface area (Å²) in [7, 11) is 0. The zero-order valence-corrected chi connectivity index (χ0v) is 11.6. The molecular weight excluding hydrogens is 311 g/mol. The van der Waals surface area contributed by atoms with Crippen molar-refractivity contribution in [2.45, 2.75) is 17.0 Å². The lowest BCUT2D eigenvalue weighted by atomic mass is 10.2. The Balaban J connectivity index is 2.04. The van der Waals surface area contributed by atoms with Crippen LogP contribution in [0.5, 0.6) is 0 Å². The molecule has 0 bridgehead atoms. The third-order valence-electron chi connectivity index (χ3n) is 1.87. The Bertz CT molecular complexity index is 501. The SMILES string of the molecule is Cc1nnc(SCc2ccc(F)cc2Br)s1. The summed E-state index contributed by atoms with van der Waals surface area (Å²) < 4.78 is 14.6. The molecule has 1 aromatic heterocycles. The van der Waals surface area contributed by atoms with E-state index in [2.05, 4.69) is 26.1 Å². The smallest absolute Gasteiger partial charge is 0.174 e. The summed E-state index contributed by atoms with van der Waals surface area (Å²) in [5, 5.41) is 8.92. The van der Waals surface area contributed by atoms with Gasteiger partial charge in [0.2, 0.25) is 0 Å². The minimum Gasteiger partial charge on any atom is -0.207 e. The van der Waals surface area contributed by atoms with Crippen LogP contribution in [0.25, 0.3) is 0 Å². The summed E-state index contributed by atoms with van der Waals surface area (Å²) in [6.07, 6.45) is 0. The van der Waals surface area contributed by atoms with Crippen LogP contribution >= 0.6 is 39.0 Å². The van der Waals surface area contributed by atoms with Gasteiger partial charge in [0.15, 0.2) is 4.34 Å². The first kappa shape index (κ1) is 12.0. The second kappa shape index (κ2) is 5.25. The van der Waals surface area contributed by atoms with E-state index in [1.54, 1.807) is 29.2 Å². The molecular formula is C10H8BrFN2S2. The van der Waals surface area contributed by atoms with E-state index in [1.165, 1.54) is 12.1 Å². The van der Waals surface area contributed by atoms with Crippen molar-refractivity contribution in [1.29, 1.82) is 0 Å². The summed E-state index contributed by atoms with van der Waals surface area (Å²) in [5.74, 6) is 0.530. The Hall–Kier alpha value is -0.460. The molecule has 0 aliphatic rings. The lowest BCUT2D eigenvalue weighted by Gasteiger charge is -2.02. The van der Waals surface area contributed by atoms with Crippen molar-refractivity contribution < 1.29 is 4.39 Å². The molecule has 0 radical (unpaired) electrons. The van der Waals surface area contributed by atoms with Crippen LogP contribution in [0.15, 0.2) is 27.0 Å².